The molecule has 2 aliphatic rings. The Bertz CT molecular complexity index is 932. The van der Waals surface area contributed by atoms with Gasteiger partial charge in [-0.15, -0.1) is 0 Å². The molecule has 31 heavy (non-hydrogen) atoms. The molecular formula is C22H29ClN6O2. The van der Waals surface area contributed by atoms with Gasteiger partial charge >= 0.3 is 6.03 Å². The van der Waals surface area contributed by atoms with Crippen LogP contribution >= 0.6 is 11.6 Å². The Balaban J connectivity index is 1.62. The quantitative estimate of drug-likeness (QED) is 0.710. The highest BCUT2D eigenvalue weighted by molar-refractivity contribution is 6.34. The molecule has 2 heterocycles. The van der Waals surface area contributed by atoms with Crippen LogP contribution in [0.25, 0.3) is 0 Å². The molecular weight excluding hydrogens is 416 g/mol. The minimum atomic E-state index is -0.211. The van der Waals surface area contributed by atoms with Crippen LogP contribution in [0.1, 0.15) is 31.2 Å². The molecule has 0 atom stereocenters. The van der Waals surface area contributed by atoms with Crippen molar-refractivity contribution < 1.29 is 9.90 Å². The molecule has 8 nitrogen and oxygen atoms in total. The Hall–Kier alpha value is -2.42. The normalized spacial score (nSPS) is 21.4. The molecule has 9 heteroatoms. The number of benzene rings is 1. The van der Waals surface area contributed by atoms with Gasteiger partial charge < -0.3 is 15.3 Å². The molecule has 0 saturated heterocycles. The van der Waals surface area contributed by atoms with Gasteiger partial charge in [0.05, 0.1) is 23.4 Å². The Morgan fingerprint density at radius 2 is 1.97 bits per heavy atom. The summed E-state index contributed by atoms with van der Waals surface area (Å²) in [4.78, 5) is 28.1. The number of amides is 2. The SMILES string of the molecule is CN(C)CCN1C(=O)N(c2ccccc2Cl)Cc2cnc(N[C@H]3CC[C@H](O)CC3)nc21. The van der Waals surface area contributed by atoms with Gasteiger partial charge in [0.15, 0.2) is 0 Å². The largest absolute Gasteiger partial charge is 0.393 e. The first-order valence-electron chi connectivity index (χ1n) is 10.7. The average molecular weight is 445 g/mol. The number of aliphatic hydroxyl groups excluding tert-OH is 1. The fourth-order valence-electron chi connectivity index (χ4n) is 4.05. The third kappa shape index (κ3) is 4.92. The van der Waals surface area contributed by atoms with E-state index in [4.69, 9.17) is 16.6 Å². The van der Waals surface area contributed by atoms with Crippen LogP contribution in [0.2, 0.25) is 5.02 Å². The molecule has 4 rings (SSSR count). The Labute approximate surface area is 187 Å². The van der Waals surface area contributed by atoms with E-state index in [2.05, 4.69) is 10.3 Å². The topological polar surface area (TPSA) is 84.8 Å². The second kappa shape index (κ2) is 9.38. The summed E-state index contributed by atoms with van der Waals surface area (Å²) in [6.07, 6.45) is 4.90. The molecule has 1 saturated carbocycles. The van der Waals surface area contributed by atoms with Crippen LogP contribution in [0.5, 0.6) is 0 Å². The van der Waals surface area contributed by atoms with E-state index >= 15 is 0 Å². The summed E-state index contributed by atoms with van der Waals surface area (Å²) in [6, 6.07) is 7.45. The van der Waals surface area contributed by atoms with Crippen molar-refractivity contribution in [1.29, 1.82) is 0 Å². The number of carbonyl (C=O) groups excluding carboxylic acids is 1. The molecule has 2 N–H and O–H groups in total. The molecule has 1 aromatic carbocycles. The third-order valence-electron chi connectivity index (χ3n) is 5.83. The van der Waals surface area contributed by atoms with Crippen LogP contribution in [-0.4, -0.2) is 65.3 Å². The molecule has 2 aromatic rings. The molecule has 0 unspecified atom stereocenters. The zero-order valence-corrected chi connectivity index (χ0v) is 18.7. The van der Waals surface area contributed by atoms with E-state index in [-0.39, 0.29) is 18.2 Å². The van der Waals surface area contributed by atoms with Crippen molar-refractivity contribution in [3.05, 3.63) is 41.0 Å². The number of aliphatic hydroxyl groups is 1. The summed E-state index contributed by atoms with van der Waals surface area (Å²) in [7, 11) is 3.96. The number of hydrogen-bond acceptors (Lipinski definition) is 6. The predicted octanol–water partition coefficient (Wildman–Crippen LogP) is 3.35. The number of fused-ring (bicyclic) bond motifs is 1. The van der Waals surface area contributed by atoms with Gasteiger partial charge in [-0.05, 0) is 51.9 Å². The number of nitrogens with zero attached hydrogens (tertiary/aromatic N) is 5. The molecule has 1 aliphatic heterocycles. The summed E-state index contributed by atoms with van der Waals surface area (Å²) < 4.78 is 0. The van der Waals surface area contributed by atoms with Gasteiger partial charge in [-0.3, -0.25) is 9.80 Å². The fourth-order valence-corrected chi connectivity index (χ4v) is 4.29. The van der Waals surface area contributed by atoms with Crippen LogP contribution in [0.4, 0.5) is 22.2 Å². The number of urea groups is 1. The van der Waals surface area contributed by atoms with Gasteiger partial charge in [0.1, 0.15) is 5.82 Å². The van der Waals surface area contributed by atoms with E-state index in [0.717, 1.165) is 31.2 Å². The third-order valence-corrected chi connectivity index (χ3v) is 6.15. The second-order valence-corrected chi connectivity index (χ2v) is 8.87. The fraction of sp³-hybridized carbons (Fsp3) is 0.500. The van der Waals surface area contributed by atoms with Crippen LogP contribution < -0.4 is 15.1 Å². The van der Waals surface area contributed by atoms with Crippen molar-refractivity contribution in [2.24, 2.45) is 0 Å². The van der Waals surface area contributed by atoms with Gasteiger partial charge in [0.25, 0.3) is 0 Å². The Morgan fingerprint density at radius 3 is 2.68 bits per heavy atom. The lowest BCUT2D eigenvalue weighted by atomic mass is 9.93. The first kappa shape index (κ1) is 21.8. The summed E-state index contributed by atoms with van der Waals surface area (Å²) in [5.74, 6) is 1.16. The van der Waals surface area contributed by atoms with E-state index in [9.17, 15) is 9.90 Å². The Kier molecular flexibility index (Phi) is 6.60. The summed E-state index contributed by atoms with van der Waals surface area (Å²) >= 11 is 6.39. The van der Waals surface area contributed by atoms with Gasteiger partial charge in [-0.2, -0.15) is 4.98 Å². The molecule has 0 bridgehead atoms. The number of hydrogen-bond donors (Lipinski definition) is 2. The van der Waals surface area contributed by atoms with Crippen molar-refractivity contribution in [2.45, 2.75) is 44.4 Å². The van der Waals surface area contributed by atoms with Crippen molar-refractivity contribution in [3.8, 4) is 0 Å². The molecule has 1 fully saturated rings. The molecule has 0 spiro atoms. The average Bonchev–Trinajstić information content (AvgIpc) is 2.75. The summed E-state index contributed by atoms with van der Waals surface area (Å²) in [5.41, 5.74) is 1.56. The van der Waals surface area contributed by atoms with E-state index in [0.29, 0.717) is 42.1 Å². The van der Waals surface area contributed by atoms with Crippen LogP contribution in [0.15, 0.2) is 30.5 Å². The maximum Gasteiger partial charge on any atom is 0.330 e. The highest BCUT2D eigenvalue weighted by atomic mass is 35.5. The van der Waals surface area contributed by atoms with E-state index in [1.807, 2.05) is 37.2 Å². The Morgan fingerprint density at radius 1 is 1.23 bits per heavy atom. The van der Waals surface area contributed by atoms with Gasteiger partial charge in [-0.25, -0.2) is 9.78 Å². The summed E-state index contributed by atoms with van der Waals surface area (Å²) in [5, 5.41) is 13.7. The summed E-state index contributed by atoms with van der Waals surface area (Å²) in [6.45, 7) is 1.58. The predicted molar refractivity (Wildman–Crippen MR) is 123 cm³/mol. The lowest BCUT2D eigenvalue weighted by Crippen LogP contribution is -2.50. The minimum Gasteiger partial charge on any atom is -0.393 e. The first-order chi connectivity index (χ1) is 14.9. The maximum absolute atomic E-state index is 13.5. The van der Waals surface area contributed by atoms with Gasteiger partial charge in [0.2, 0.25) is 5.95 Å². The molecule has 0 radical (unpaired) electrons. The van der Waals surface area contributed by atoms with Crippen LogP contribution in [0, 0.1) is 0 Å². The number of carbonyl (C=O) groups is 1. The number of aromatic nitrogens is 2. The number of nitrogens with one attached hydrogen (secondary N) is 1. The van der Waals surface area contributed by atoms with E-state index in [1.165, 1.54) is 0 Å². The number of anilines is 3. The lowest BCUT2D eigenvalue weighted by molar-refractivity contribution is 0.126. The molecule has 2 amide bonds. The van der Waals surface area contributed by atoms with Crippen molar-refractivity contribution in [2.75, 3.05) is 42.3 Å². The number of rotatable bonds is 6. The monoisotopic (exact) mass is 444 g/mol. The molecule has 1 aliphatic carbocycles. The number of likely N-dealkylation sites (N-methyl/N-ethyl adjacent to an activating group) is 1. The van der Waals surface area contributed by atoms with Crippen molar-refractivity contribution in [3.63, 3.8) is 0 Å². The second-order valence-electron chi connectivity index (χ2n) is 8.47. The van der Waals surface area contributed by atoms with Crippen molar-refractivity contribution >= 4 is 35.1 Å². The number of para-hydroxylation sites is 1. The first-order valence-corrected chi connectivity index (χ1v) is 11.1. The number of halogens is 1. The highest BCUT2D eigenvalue weighted by Crippen LogP contribution is 2.34. The highest BCUT2D eigenvalue weighted by Gasteiger charge is 2.34. The smallest absolute Gasteiger partial charge is 0.330 e. The van der Waals surface area contributed by atoms with Crippen molar-refractivity contribution in [1.82, 2.24) is 14.9 Å². The minimum absolute atomic E-state index is 0.145. The van der Waals surface area contributed by atoms with Crippen LogP contribution in [-0.2, 0) is 6.54 Å². The standard InChI is InChI=1S/C22H29ClN6O2/c1-27(2)11-12-28-20-15(14-29(22(28)31)19-6-4-3-5-18(19)23)13-24-21(26-20)25-16-7-9-17(30)10-8-16/h3-6,13,16-17,30H,7-12,14H2,1-2H3,(H,24,25,26)/t16-,17-. The zero-order chi connectivity index (χ0) is 22.0. The van der Waals surface area contributed by atoms with E-state index < -0.39 is 0 Å². The van der Waals surface area contributed by atoms with Gasteiger partial charge in [0, 0.05) is 30.9 Å². The molecule has 166 valence electrons. The lowest BCUT2D eigenvalue weighted by Gasteiger charge is -2.37. The zero-order valence-electron chi connectivity index (χ0n) is 18.0. The maximum atomic E-state index is 13.5. The molecule has 1 aromatic heterocycles. The van der Waals surface area contributed by atoms with E-state index in [1.54, 1.807) is 22.1 Å². The van der Waals surface area contributed by atoms with Gasteiger partial charge in [-0.1, -0.05) is 23.7 Å². The van der Waals surface area contributed by atoms with Crippen LogP contribution in [0.3, 0.4) is 0 Å².